The Balaban J connectivity index is 3.82. The average molecular weight is 194 g/mol. The second-order valence-corrected chi connectivity index (χ2v) is 6.70. The molecule has 0 saturated heterocycles. The molecule has 1 N–H and O–H groups in total. The molecule has 0 aliphatic carbocycles. The van der Waals surface area contributed by atoms with Crippen molar-refractivity contribution < 1.29 is 19.2 Å². The molecule has 1 atom stereocenters. The summed E-state index contributed by atoms with van der Waals surface area (Å²) in [6.45, 7) is 3.15. The van der Waals surface area contributed by atoms with Gasteiger partial charge in [-0.15, -0.1) is 0 Å². The Labute approximate surface area is 72.3 Å². The van der Waals surface area contributed by atoms with Gasteiger partial charge < -0.3 is 14.4 Å². The van der Waals surface area contributed by atoms with Crippen molar-refractivity contribution in [2.75, 3.05) is 26.6 Å². The van der Waals surface area contributed by atoms with Gasteiger partial charge in [-0.2, -0.15) is 0 Å². The fraction of sp³-hybridized carbons (Fsp3) is 0.857. The molecule has 0 radical (unpaired) electrons. The number of hydrogen-bond donors (Lipinski definition) is 1. The van der Waals surface area contributed by atoms with Crippen LogP contribution in [0, 0.1) is 0 Å². The van der Waals surface area contributed by atoms with Crippen LogP contribution in [0.1, 0.15) is 6.42 Å². The first-order chi connectivity index (χ1) is 5.35. The zero-order valence-corrected chi connectivity index (χ0v) is 8.51. The van der Waals surface area contributed by atoms with Gasteiger partial charge in [0.15, 0.2) is 0 Å². The number of methoxy groups -OCH3 is 1. The molecule has 0 aromatic rings. The van der Waals surface area contributed by atoms with E-state index in [4.69, 9.17) is 0 Å². The number of carbonyl (C=O) groups is 1. The molecule has 0 saturated carbocycles. The molecule has 0 spiro atoms. The number of aliphatic hydroxyl groups is 1. The second kappa shape index (κ2) is 4.63. The largest absolute Gasteiger partial charge is 0.469 e. The Morgan fingerprint density at radius 3 is 2.42 bits per heavy atom. The first-order valence-corrected chi connectivity index (χ1v) is 6.42. The van der Waals surface area contributed by atoms with E-state index in [0.717, 1.165) is 0 Å². The van der Waals surface area contributed by atoms with E-state index in [1.807, 2.05) is 0 Å². The third-order valence-electron chi connectivity index (χ3n) is 1.28. The van der Waals surface area contributed by atoms with Crippen molar-refractivity contribution in [3.8, 4) is 0 Å². The fourth-order valence-electron chi connectivity index (χ4n) is 0.848. The summed E-state index contributed by atoms with van der Waals surface area (Å²) in [5.41, 5.74) is 0. The molecule has 0 fully saturated rings. The maximum atomic E-state index is 11.2. The number of rotatable bonds is 4. The third kappa shape index (κ3) is 6.38. The minimum Gasteiger partial charge on any atom is -0.469 e. The van der Waals surface area contributed by atoms with Crippen LogP contribution < -0.4 is 0 Å². The first-order valence-electron chi connectivity index (χ1n) is 3.64. The van der Waals surface area contributed by atoms with Crippen LogP contribution in [0.5, 0.6) is 0 Å². The number of ether oxygens (including phenoxy) is 1. The van der Waals surface area contributed by atoms with Gasteiger partial charge in [0.25, 0.3) is 0 Å². The van der Waals surface area contributed by atoms with E-state index >= 15 is 0 Å². The zero-order valence-electron chi connectivity index (χ0n) is 7.61. The number of hydrogen-bond acceptors (Lipinski definition) is 4. The summed E-state index contributed by atoms with van der Waals surface area (Å²) in [6.07, 6.45) is -0.761. The summed E-state index contributed by atoms with van der Waals surface area (Å²) < 4.78 is 15.5. The van der Waals surface area contributed by atoms with Crippen molar-refractivity contribution in [1.29, 1.82) is 0 Å². The van der Waals surface area contributed by atoms with E-state index < -0.39 is 19.2 Å². The maximum Gasteiger partial charge on any atom is 0.308 e. The molecular formula is C7H15O4P. The molecule has 12 heavy (non-hydrogen) atoms. The molecule has 0 unspecified atom stereocenters. The zero-order chi connectivity index (χ0) is 9.78. The van der Waals surface area contributed by atoms with Gasteiger partial charge in [-0.1, -0.05) is 0 Å². The van der Waals surface area contributed by atoms with Gasteiger partial charge in [-0.3, -0.25) is 4.79 Å². The minimum absolute atomic E-state index is 0.0812. The molecule has 72 valence electrons. The number of carbonyl (C=O) groups excluding carboxylic acids is 1. The Morgan fingerprint density at radius 2 is 2.08 bits per heavy atom. The lowest BCUT2D eigenvalue weighted by molar-refractivity contribution is -0.142. The van der Waals surface area contributed by atoms with Crippen molar-refractivity contribution in [1.82, 2.24) is 0 Å². The smallest absolute Gasteiger partial charge is 0.308 e. The standard InChI is InChI=1S/C7H15O4P/c1-11-7(9)4-6(8)5-12(2,3)10/h6,8H,4-5H2,1-3H3/t6-/m1/s1. The first kappa shape index (κ1) is 11.7. The summed E-state index contributed by atoms with van der Waals surface area (Å²) >= 11 is 0. The Kier molecular flexibility index (Phi) is 4.50. The van der Waals surface area contributed by atoms with Crippen LogP contribution in [-0.4, -0.2) is 43.8 Å². The quantitative estimate of drug-likeness (QED) is 0.523. The second-order valence-electron chi connectivity index (χ2n) is 3.19. The molecule has 4 nitrogen and oxygen atoms in total. The minimum atomic E-state index is -2.25. The van der Waals surface area contributed by atoms with Crippen molar-refractivity contribution >= 4 is 13.1 Å². The molecule has 0 bridgehead atoms. The number of aliphatic hydroxyl groups excluding tert-OH is 1. The van der Waals surface area contributed by atoms with E-state index in [-0.39, 0.29) is 12.6 Å². The molecule has 5 heteroatoms. The van der Waals surface area contributed by atoms with Crippen LogP contribution in [0.4, 0.5) is 0 Å². The highest BCUT2D eigenvalue weighted by molar-refractivity contribution is 7.62. The summed E-state index contributed by atoms with van der Waals surface area (Å²) in [6, 6.07) is 0. The predicted octanol–water partition coefficient (Wildman–Crippen LogP) is 0.533. The molecule has 0 heterocycles. The monoisotopic (exact) mass is 194 g/mol. The Bertz CT molecular complexity index is 196. The van der Waals surface area contributed by atoms with Crippen molar-refractivity contribution in [3.63, 3.8) is 0 Å². The molecule has 0 amide bonds. The molecule has 0 aromatic carbocycles. The maximum absolute atomic E-state index is 11.2. The summed E-state index contributed by atoms with van der Waals surface area (Å²) in [5.74, 6) is -0.476. The summed E-state index contributed by atoms with van der Waals surface area (Å²) in [4.78, 5) is 10.6. The molecule has 0 aromatic heterocycles. The lowest BCUT2D eigenvalue weighted by Crippen LogP contribution is -2.18. The molecule has 0 aliphatic rings. The van der Waals surface area contributed by atoms with E-state index in [1.165, 1.54) is 7.11 Å². The molecule has 0 rings (SSSR count). The van der Waals surface area contributed by atoms with Gasteiger partial charge in [0.1, 0.15) is 0 Å². The van der Waals surface area contributed by atoms with E-state index in [2.05, 4.69) is 4.74 Å². The van der Waals surface area contributed by atoms with E-state index in [0.29, 0.717) is 0 Å². The average Bonchev–Trinajstić information content (AvgIpc) is 1.82. The van der Waals surface area contributed by atoms with Gasteiger partial charge in [-0.25, -0.2) is 0 Å². The van der Waals surface area contributed by atoms with Crippen molar-refractivity contribution in [3.05, 3.63) is 0 Å². The van der Waals surface area contributed by atoms with Crippen LogP contribution in [0.2, 0.25) is 0 Å². The topological polar surface area (TPSA) is 63.6 Å². The lowest BCUT2D eigenvalue weighted by atomic mass is 10.3. The van der Waals surface area contributed by atoms with Crippen LogP contribution >= 0.6 is 7.14 Å². The van der Waals surface area contributed by atoms with E-state index in [1.54, 1.807) is 13.3 Å². The highest BCUT2D eigenvalue weighted by Gasteiger charge is 2.17. The highest BCUT2D eigenvalue weighted by atomic mass is 31.2. The fourth-order valence-corrected chi connectivity index (χ4v) is 1.99. The summed E-state index contributed by atoms with van der Waals surface area (Å²) in [5, 5.41) is 9.21. The normalized spacial score (nSPS) is 14.0. The molecule has 0 aliphatic heterocycles. The van der Waals surface area contributed by atoms with Gasteiger partial charge >= 0.3 is 5.97 Å². The van der Waals surface area contributed by atoms with Crippen molar-refractivity contribution in [2.24, 2.45) is 0 Å². The predicted molar refractivity (Wildman–Crippen MR) is 47.0 cm³/mol. The van der Waals surface area contributed by atoms with Gasteiger partial charge in [-0.05, 0) is 13.3 Å². The highest BCUT2D eigenvalue weighted by Crippen LogP contribution is 2.36. The van der Waals surface area contributed by atoms with Crippen LogP contribution in [-0.2, 0) is 14.1 Å². The summed E-state index contributed by atoms with van der Waals surface area (Å²) in [7, 11) is -0.990. The lowest BCUT2D eigenvalue weighted by Gasteiger charge is -2.11. The third-order valence-corrected chi connectivity index (χ3v) is 2.58. The van der Waals surface area contributed by atoms with Crippen molar-refractivity contribution in [2.45, 2.75) is 12.5 Å². The Morgan fingerprint density at radius 1 is 1.58 bits per heavy atom. The van der Waals surface area contributed by atoms with Gasteiger partial charge in [0.05, 0.1) is 26.8 Å². The SMILES string of the molecule is COC(=O)C[C@@H](O)CP(C)(C)=O. The van der Waals surface area contributed by atoms with Crippen LogP contribution in [0.3, 0.4) is 0 Å². The van der Waals surface area contributed by atoms with Crippen LogP contribution in [0.15, 0.2) is 0 Å². The number of esters is 1. The molecular weight excluding hydrogens is 179 g/mol. The Hall–Kier alpha value is -0.340. The van der Waals surface area contributed by atoms with Crippen LogP contribution in [0.25, 0.3) is 0 Å². The van der Waals surface area contributed by atoms with Gasteiger partial charge in [0.2, 0.25) is 0 Å². The van der Waals surface area contributed by atoms with Gasteiger partial charge in [0, 0.05) is 6.16 Å². The van der Waals surface area contributed by atoms with E-state index in [9.17, 15) is 14.5 Å².